The summed E-state index contributed by atoms with van der Waals surface area (Å²) in [6.45, 7) is 1.34. The van der Waals surface area contributed by atoms with Crippen LogP contribution in [-0.2, 0) is 16.0 Å². The van der Waals surface area contributed by atoms with Crippen molar-refractivity contribution < 1.29 is 18.3 Å². The van der Waals surface area contributed by atoms with Crippen molar-refractivity contribution in [3.05, 3.63) is 71.1 Å². The largest absolute Gasteiger partial charge is 0.348 e. The van der Waals surface area contributed by atoms with Gasteiger partial charge < -0.3 is 15.0 Å². The molecule has 2 aromatic heterocycles. The number of pyridine rings is 2. The topological polar surface area (TPSA) is 94.4 Å². The number of alkyl halides is 2. The average Bonchev–Trinajstić information content (AvgIpc) is 3.54. The number of hydrogen-bond donors (Lipinski definition) is 1. The second kappa shape index (κ2) is 10.1. The number of carbonyl (C=O) groups excluding carboxylic acids is 1. The standard InChI is InChI=1S/C24H20ClF2N5O2/c1-14-24(34-14)32(13-22(26)27)21-7-3-16(9-19(21)25)20-6-5-18(12-30-20)31-23(33)8-15-2-4-17(10-28)29-11-15/h2-7,9,11-12,14,22,24H,8,13H2,1H3,(H,31,33). The minimum absolute atomic E-state index is 0.107. The fourth-order valence-corrected chi connectivity index (χ4v) is 3.80. The predicted molar refractivity (Wildman–Crippen MR) is 124 cm³/mol. The summed E-state index contributed by atoms with van der Waals surface area (Å²) in [7, 11) is 0. The minimum atomic E-state index is -2.52. The van der Waals surface area contributed by atoms with Gasteiger partial charge in [0.15, 0.2) is 6.23 Å². The smallest absolute Gasteiger partial charge is 0.255 e. The van der Waals surface area contributed by atoms with Crippen LogP contribution in [0.2, 0.25) is 5.02 Å². The Bertz CT molecular complexity index is 1220. The summed E-state index contributed by atoms with van der Waals surface area (Å²) in [6.07, 6.45) is 0.0474. The third-order valence-electron chi connectivity index (χ3n) is 5.23. The van der Waals surface area contributed by atoms with Crippen LogP contribution in [0.15, 0.2) is 54.9 Å². The minimum Gasteiger partial charge on any atom is -0.348 e. The number of anilines is 2. The van der Waals surface area contributed by atoms with Crippen LogP contribution >= 0.6 is 11.6 Å². The van der Waals surface area contributed by atoms with Gasteiger partial charge in [-0.15, -0.1) is 0 Å². The van der Waals surface area contributed by atoms with Crippen molar-refractivity contribution >= 4 is 28.9 Å². The van der Waals surface area contributed by atoms with Crippen LogP contribution in [0.4, 0.5) is 20.2 Å². The van der Waals surface area contributed by atoms with Crippen LogP contribution in [0.25, 0.3) is 11.3 Å². The average molecular weight is 484 g/mol. The lowest BCUT2D eigenvalue weighted by molar-refractivity contribution is -0.115. The number of ether oxygens (including phenoxy) is 1. The summed E-state index contributed by atoms with van der Waals surface area (Å²) in [5.41, 5.74) is 3.27. The second-order valence-corrected chi connectivity index (χ2v) is 8.17. The van der Waals surface area contributed by atoms with Gasteiger partial charge in [-0.1, -0.05) is 23.7 Å². The molecule has 3 heterocycles. The van der Waals surface area contributed by atoms with Gasteiger partial charge in [0.2, 0.25) is 5.91 Å². The maximum atomic E-state index is 13.0. The predicted octanol–water partition coefficient (Wildman–Crippen LogP) is 4.67. The van der Waals surface area contributed by atoms with E-state index in [0.29, 0.717) is 33.2 Å². The molecule has 0 aliphatic carbocycles. The molecule has 4 rings (SSSR count). The number of epoxide rings is 1. The number of nitrogens with zero attached hydrogens (tertiary/aromatic N) is 4. The van der Waals surface area contributed by atoms with Gasteiger partial charge in [-0.05, 0) is 42.8 Å². The number of nitriles is 1. The summed E-state index contributed by atoms with van der Waals surface area (Å²) < 4.78 is 31.5. The molecule has 0 bridgehead atoms. The zero-order valence-corrected chi connectivity index (χ0v) is 18.8. The Kier molecular flexibility index (Phi) is 7.01. The number of hydrogen-bond acceptors (Lipinski definition) is 6. The van der Waals surface area contributed by atoms with Gasteiger partial charge in [-0.25, -0.2) is 13.8 Å². The van der Waals surface area contributed by atoms with Gasteiger partial charge >= 0.3 is 0 Å². The first-order chi connectivity index (χ1) is 16.3. The highest BCUT2D eigenvalue weighted by Gasteiger charge is 2.41. The number of rotatable bonds is 8. The lowest BCUT2D eigenvalue weighted by Crippen LogP contribution is -2.33. The number of amides is 1. The van der Waals surface area contributed by atoms with E-state index in [1.165, 1.54) is 17.3 Å². The Labute approximate surface area is 200 Å². The zero-order valence-electron chi connectivity index (χ0n) is 18.1. The number of benzene rings is 1. The second-order valence-electron chi connectivity index (χ2n) is 7.76. The van der Waals surface area contributed by atoms with Crippen LogP contribution in [-0.4, -0.2) is 41.2 Å². The van der Waals surface area contributed by atoms with E-state index in [0.717, 1.165) is 0 Å². The number of carbonyl (C=O) groups is 1. The zero-order chi connectivity index (χ0) is 24.2. The number of aromatic nitrogens is 2. The van der Waals surface area contributed by atoms with E-state index < -0.39 is 19.2 Å². The molecule has 1 aliphatic rings. The SMILES string of the molecule is CC1OC1N(CC(F)F)c1ccc(-c2ccc(NC(=O)Cc3ccc(C#N)nc3)cn2)cc1Cl. The van der Waals surface area contributed by atoms with E-state index in [-0.39, 0.29) is 24.1 Å². The first-order valence-electron chi connectivity index (χ1n) is 10.4. The van der Waals surface area contributed by atoms with Crippen molar-refractivity contribution in [2.45, 2.75) is 32.1 Å². The first kappa shape index (κ1) is 23.5. The number of halogens is 3. The van der Waals surface area contributed by atoms with Gasteiger partial charge in [-0.2, -0.15) is 5.26 Å². The molecule has 2 unspecified atom stereocenters. The summed E-state index contributed by atoms with van der Waals surface area (Å²) in [5.74, 6) is -0.246. The third kappa shape index (κ3) is 5.65. The molecule has 0 radical (unpaired) electrons. The Hall–Kier alpha value is -3.61. The van der Waals surface area contributed by atoms with Crippen molar-refractivity contribution in [3.8, 4) is 17.3 Å². The quantitative estimate of drug-likeness (QED) is 0.468. The molecular formula is C24H20ClF2N5O2. The summed E-state index contributed by atoms with van der Waals surface area (Å²) in [6, 6.07) is 13.7. The maximum Gasteiger partial charge on any atom is 0.255 e. The highest BCUT2D eigenvalue weighted by atomic mass is 35.5. The third-order valence-corrected chi connectivity index (χ3v) is 5.53. The molecule has 34 heavy (non-hydrogen) atoms. The van der Waals surface area contributed by atoms with Gasteiger partial charge in [-0.3, -0.25) is 9.78 Å². The van der Waals surface area contributed by atoms with Gasteiger partial charge in [0.25, 0.3) is 6.43 Å². The molecule has 2 atom stereocenters. The molecule has 3 aromatic rings. The van der Waals surface area contributed by atoms with E-state index in [1.54, 1.807) is 42.5 Å². The lowest BCUT2D eigenvalue weighted by atomic mass is 10.1. The fraction of sp³-hybridized carbons (Fsp3) is 0.250. The molecule has 7 nitrogen and oxygen atoms in total. The molecule has 1 fully saturated rings. The lowest BCUT2D eigenvalue weighted by Gasteiger charge is -2.24. The Balaban J connectivity index is 1.42. The van der Waals surface area contributed by atoms with Crippen LogP contribution in [0.5, 0.6) is 0 Å². The Morgan fingerprint density at radius 3 is 2.59 bits per heavy atom. The first-order valence-corrected chi connectivity index (χ1v) is 10.8. The van der Waals surface area contributed by atoms with Crippen molar-refractivity contribution in [2.24, 2.45) is 0 Å². The van der Waals surface area contributed by atoms with Crippen LogP contribution < -0.4 is 10.2 Å². The fourth-order valence-electron chi connectivity index (χ4n) is 3.51. The van der Waals surface area contributed by atoms with Crippen molar-refractivity contribution in [1.82, 2.24) is 9.97 Å². The summed E-state index contributed by atoms with van der Waals surface area (Å²) in [5, 5.41) is 11.9. The van der Waals surface area contributed by atoms with Crippen molar-refractivity contribution in [3.63, 3.8) is 0 Å². The highest BCUT2D eigenvalue weighted by Crippen LogP contribution is 2.37. The van der Waals surface area contributed by atoms with E-state index in [4.69, 9.17) is 21.6 Å². The van der Waals surface area contributed by atoms with Crippen LogP contribution in [0.1, 0.15) is 18.2 Å². The molecule has 1 aromatic carbocycles. The van der Waals surface area contributed by atoms with E-state index in [9.17, 15) is 13.6 Å². The molecule has 0 saturated carbocycles. The Morgan fingerprint density at radius 2 is 2.03 bits per heavy atom. The molecule has 10 heteroatoms. The summed E-state index contributed by atoms with van der Waals surface area (Å²) >= 11 is 6.42. The Morgan fingerprint density at radius 1 is 1.24 bits per heavy atom. The van der Waals surface area contributed by atoms with Crippen molar-refractivity contribution in [2.75, 3.05) is 16.8 Å². The molecule has 1 N–H and O–H groups in total. The molecular weight excluding hydrogens is 464 g/mol. The van der Waals surface area contributed by atoms with Gasteiger partial charge in [0, 0.05) is 11.8 Å². The van der Waals surface area contributed by atoms with Gasteiger partial charge in [0.05, 0.1) is 41.3 Å². The van der Waals surface area contributed by atoms with Crippen LogP contribution in [0, 0.1) is 11.3 Å². The van der Waals surface area contributed by atoms with Crippen molar-refractivity contribution in [1.29, 1.82) is 5.26 Å². The van der Waals surface area contributed by atoms with Gasteiger partial charge in [0.1, 0.15) is 17.9 Å². The van der Waals surface area contributed by atoms with E-state index >= 15 is 0 Å². The molecule has 0 spiro atoms. The molecule has 1 saturated heterocycles. The summed E-state index contributed by atoms with van der Waals surface area (Å²) in [4.78, 5) is 22.1. The van der Waals surface area contributed by atoms with E-state index in [2.05, 4.69) is 15.3 Å². The van der Waals surface area contributed by atoms with E-state index in [1.807, 2.05) is 13.0 Å². The molecule has 174 valence electrons. The highest BCUT2D eigenvalue weighted by molar-refractivity contribution is 6.33. The van der Waals surface area contributed by atoms with Crippen LogP contribution in [0.3, 0.4) is 0 Å². The maximum absolute atomic E-state index is 13.0. The molecule has 1 aliphatic heterocycles. The number of nitrogens with one attached hydrogen (secondary N) is 1. The molecule has 1 amide bonds. The monoisotopic (exact) mass is 483 g/mol. The normalized spacial score (nSPS) is 16.7.